The summed E-state index contributed by atoms with van der Waals surface area (Å²) in [5, 5.41) is 35.8. The number of hydrogen-bond donors (Lipinski definition) is 4. The number of carboxylic acid groups (broad SMARTS) is 2. The predicted molar refractivity (Wildman–Crippen MR) is 93.2 cm³/mol. The Labute approximate surface area is 159 Å². The van der Waals surface area contributed by atoms with Gasteiger partial charge < -0.3 is 20.4 Å². The molecule has 0 atom stereocenters. The summed E-state index contributed by atoms with van der Waals surface area (Å²) in [5.74, 6) is -6.52. The maximum Gasteiger partial charge on any atom is 0.314 e. The van der Waals surface area contributed by atoms with Crippen molar-refractivity contribution >= 4 is 35.4 Å². The molecule has 27 heavy (non-hydrogen) atoms. The smallest absolute Gasteiger partial charge is 0.314 e. The molecule has 0 saturated heterocycles. The molecule has 2 amide bonds. The van der Waals surface area contributed by atoms with Gasteiger partial charge >= 0.3 is 11.9 Å². The molecule has 10 heteroatoms. The van der Waals surface area contributed by atoms with Crippen molar-refractivity contribution < 1.29 is 39.6 Å². The van der Waals surface area contributed by atoms with Crippen LogP contribution in [0.1, 0.15) is 59.7 Å². The van der Waals surface area contributed by atoms with Crippen molar-refractivity contribution in [3.8, 4) is 0 Å². The number of carbonyl (C=O) groups excluding carboxylic acids is 2. The summed E-state index contributed by atoms with van der Waals surface area (Å²) < 4.78 is 0. The number of amides is 2. The first-order valence-electron chi connectivity index (χ1n) is 8.08. The Morgan fingerprint density at radius 3 is 2.07 bits per heavy atom. The molecule has 0 aromatic heterocycles. The molecule has 0 radical (unpaired) electrons. The van der Waals surface area contributed by atoms with Gasteiger partial charge in [0.15, 0.2) is 0 Å². The summed E-state index contributed by atoms with van der Waals surface area (Å²) in [6.45, 7) is 1.97. The van der Waals surface area contributed by atoms with E-state index < -0.39 is 36.1 Å². The third kappa shape index (κ3) is 6.02. The largest absolute Gasteiger partial charge is 0.481 e. The van der Waals surface area contributed by atoms with Crippen LogP contribution in [0.15, 0.2) is 18.2 Å². The van der Waals surface area contributed by atoms with Crippen molar-refractivity contribution in [2.45, 2.75) is 44.9 Å². The molecule has 0 unspecified atom stereocenters. The number of nitrogens with zero attached hydrogens (tertiary/aromatic N) is 1. The number of carbonyl (C=O) groups is 4. The van der Waals surface area contributed by atoms with Crippen LogP contribution in [0.4, 0.5) is 0 Å². The van der Waals surface area contributed by atoms with Gasteiger partial charge in [-0.2, -0.15) is 0 Å². The molecule has 1 aromatic rings. The molecule has 0 fully saturated rings. The van der Waals surface area contributed by atoms with E-state index in [-0.39, 0.29) is 17.5 Å². The molecular weight excluding hydrogens is 382 g/mol. The minimum absolute atomic E-state index is 0.0694. The lowest BCUT2D eigenvalue weighted by Gasteiger charge is -2.30. The zero-order valence-electron chi connectivity index (χ0n) is 14.5. The predicted octanol–water partition coefficient (Wildman–Crippen LogP) is 1.70. The summed E-state index contributed by atoms with van der Waals surface area (Å²) in [6, 6.07) is 4.27. The number of aliphatic hydroxyl groups is 2. The van der Waals surface area contributed by atoms with Crippen molar-refractivity contribution in [1.82, 2.24) is 4.90 Å². The van der Waals surface area contributed by atoms with E-state index in [1.54, 1.807) is 0 Å². The first-order valence-corrected chi connectivity index (χ1v) is 8.45. The molecule has 1 aliphatic heterocycles. The van der Waals surface area contributed by atoms with E-state index in [1.807, 2.05) is 6.92 Å². The van der Waals surface area contributed by atoms with Gasteiger partial charge in [0.25, 0.3) is 17.7 Å². The minimum atomic E-state index is -2.46. The molecule has 1 aromatic carbocycles. The molecule has 0 aliphatic carbocycles. The number of hydrogen-bond acceptors (Lipinski definition) is 6. The average Bonchev–Trinajstić information content (AvgIpc) is 2.78. The Bertz CT molecular complexity index is 734. The van der Waals surface area contributed by atoms with Crippen molar-refractivity contribution in [2.24, 2.45) is 0 Å². The van der Waals surface area contributed by atoms with E-state index in [4.69, 9.17) is 21.8 Å². The molecule has 0 saturated carbocycles. The van der Waals surface area contributed by atoms with Crippen LogP contribution in [0.3, 0.4) is 0 Å². The molecule has 0 spiro atoms. The Balaban J connectivity index is 0.000000445. The highest BCUT2D eigenvalue weighted by molar-refractivity contribution is 6.32. The highest BCUT2D eigenvalue weighted by Crippen LogP contribution is 2.31. The van der Waals surface area contributed by atoms with Gasteiger partial charge in [0.05, 0.1) is 11.1 Å². The van der Waals surface area contributed by atoms with Gasteiger partial charge in [0, 0.05) is 11.4 Å². The topological polar surface area (TPSA) is 152 Å². The molecule has 1 aliphatic rings. The number of fused-ring (bicyclic) bond motifs is 1. The molecular formula is C17H20ClNO8. The third-order valence-electron chi connectivity index (χ3n) is 3.62. The van der Waals surface area contributed by atoms with E-state index >= 15 is 0 Å². The second kappa shape index (κ2) is 9.45. The number of unbranched alkanes of at least 4 members (excludes halogenated alkanes) is 2. The van der Waals surface area contributed by atoms with Crippen molar-refractivity contribution in [1.29, 1.82) is 0 Å². The Hall–Kier alpha value is -2.49. The fraction of sp³-hybridized carbons (Fsp3) is 0.412. The van der Waals surface area contributed by atoms with Crippen LogP contribution in [0.25, 0.3) is 0 Å². The Morgan fingerprint density at radius 2 is 1.59 bits per heavy atom. The molecule has 148 valence electrons. The van der Waals surface area contributed by atoms with Crippen LogP contribution in [0, 0.1) is 0 Å². The van der Waals surface area contributed by atoms with Gasteiger partial charge in [-0.05, 0) is 24.6 Å². The van der Waals surface area contributed by atoms with Gasteiger partial charge in [-0.15, -0.1) is 0 Å². The van der Waals surface area contributed by atoms with Gasteiger partial charge in [-0.1, -0.05) is 31.4 Å². The summed E-state index contributed by atoms with van der Waals surface area (Å²) in [4.78, 5) is 43.7. The summed E-state index contributed by atoms with van der Waals surface area (Å²) >= 11 is 5.79. The van der Waals surface area contributed by atoms with Crippen LogP contribution < -0.4 is 0 Å². The highest BCUT2D eigenvalue weighted by Gasteiger charge is 2.47. The second-order valence-corrected chi connectivity index (χ2v) is 6.27. The fourth-order valence-electron chi connectivity index (χ4n) is 2.39. The minimum Gasteiger partial charge on any atom is -0.481 e. The Kier molecular flexibility index (Phi) is 7.89. The number of aliphatic carboxylic acids is 2. The quantitative estimate of drug-likeness (QED) is 0.233. The van der Waals surface area contributed by atoms with E-state index in [0.717, 1.165) is 12.8 Å². The maximum atomic E-state index is 12.2. The van der Waals surface area contributed by atoms with Crippen molar-refractivity contribution in [3.05, 3.63) is 34.3 Å². The molecule has 4 N–H and O–H groups in total. The monoisotopic (exact) mass is 401 g/mol. The molecule has 1 heterocycles. The van der Waals surface area contributed by atoms with E-state index in [9.17, 15) is 29.4 Å². The second-order valence-electron chi connectivity index (χ2n) is 5.83. The zero-order chi connectivity index (χ0) is 20.8. The lowest BCUT2D eigenvalue weighted by atomic mass is 10.1. The van der Waals surface area contributed by atoms with Crippen molar-refractivity contribution in [2.75, 3.05) is 0 Å². The average molecular weight is 402 g/mol. The van der Waals surface area contributed by atoms with Crippen LogP contribution in [-0.4, -0.2) is 55.0 Å². The summed E-state index contributed by atoms with van der Waals surface area (Å²) in [6.07, 6.45) is 1.32. The number of benzene rings is 1. The standard InChI is InChI=1S/C14H16ClNO4.C3H4O4/c1-2-3-4-7-14(19,20)16-12(17)10-6-5-9(15)8-11(10)13(16)18;4-2(5)1-3(6)7/h5-6,8,19-20H,2-4,7H2,1H3;1H2,(H,4,5)(H,6,7). The van der Waals surface area contributed by atoms with Crippen LogP contribution in [0.2, 0.25) is 5.02 Å². The fourth-order valence-corrected chi connectivity index (χ4v) is 2.56. The molecule has 0 bridgehead atoms. The number of imide groups is 1. The van der Waals surface area contributed by atoms with Crippen LogP contribution in [0.5, 0.6) is 0 Å². The Morgan fingerprint density at radius 1 is 1.04 bits per heavy atom. The van der Waals surface area contributed by atoms with E-state index in [0.29, 0.717) is 16.3 Å². The van der Waals surface area contributed by atoms with Gasteiger partial charge in [0.1, 0.15) is 6.42 Å². The van der Waals surface area contributed by atoms with Gasteiger partial charge in [-0.25, -0.2) is 4.90 Å². The molecule has 2 rings (SSSR count). The van der Waals surface area contributed by atoms with Gasteiger partial charge in [0.2, 0.25) is 0 Å². The SMILES string of the molecule is CCCCCC(O)(O)N1C(=O)c2ccc(Cl)cc2C1=O.O=C(O)CC(=O)O. The van der Waals surface area contributed by atoms with E-state index in [2.05, 4.69) is 0 Å². The highest BCUT2D eigenvalue weighted by atomic mass is 35.5. The van der Waals surface area contributed by atoms with Gasteiger partial charge in [-0.3, -0.25) is 19.2 Å². The lowest BCUT2D eigenvalue weighted by Crippen LogP contribution is -2.51. The lowest BCUT2D eigenvalue weighted by molar-refractivity contribution is -0.232. The summed E-state index contributed by atoms with van der Waals surface area (Å²) in [5.41, 5.74) is 0.243. The van der Waals surface area contributed by atoms with Crippen molar-refractivity contribution in [3.63, 3.8) is 0 Å². The zero-order valence-corrected chi connectivity index (χ0v) is 15.3. The van der Waals surface area contributed by atoms with Crippen LogP contribution in [-0.2, 0) is 9.59 Å². The van der Waals surface area contributed by atoms with E-state index in [1.165, 1.54) is 18.2 Å². The number of halogens is 1. The third-order valence-corrected chi connectivity index (χ3v) is 3.86. The first kappa shape index (κ1) is 22.6. The summed E-state index contributed by atoms with van der Waals surface area (Å²) in [7, 11) is 0. The van der Waals surface area contributed by atoms with Crippen LogP contribution >= 0.6 is 11.6 Å². The number of carboxylic acids is 2. The first-order chi connectivity index (χ1) is 12.5. The molecule has 9 nitrogen and oxygen atoms in total. The normalized spacial score (nSPS) is 13.1. The maximum absolute atomic E-state index is 12.2. The number of rotatable bonds is 7.